The van der Waals surface area contributed by atoms with Crippen LogP contribution in [0.4, 0.5) is 10.5 Å². The number of hydrogen-bond donors (Lipinski definition) is 0. The molecule has 3 fully saturated rings. The molecule has 0 spiro atoms. The zero-order valence-electron chi connectivity index (χ0n) is 12.1. The van der Waals surface area contributed by atoms with Crippen molar-refractivity contribution in [1.29, 1.82) is 0 Å². The van der Waals surface area contributed by atoms with E-state index in [4.69, 9.17) is 0 Å². The van der Waals surface area contributed by atoms with Crippen molar-refractivity contribution in [2.24, 2.45) is 5.92 Å². The van der Waals surface area contributed by atoms with Gasteiger partial charge in [-0.25, -0.2) is 4.79 Å². The van der Waals surface area contributed by atoms with Crippen LogP contribution in [0.25, 0.3) is 0 Å². The Balaban J connectivity index is 1.39. The predicted octanol–water partition coefficient (Wildman–Crippen LogP) is 0.548. The molecule has 0 atom stereocenters. The van der Waals surface area contributed by atoms with Crippen LogP contribution in [0, 0.1) is 5.92 Å². The second-order valence-corrected chi connectivity index (χ2v) is 6.21. The number of likely N-dealkylation sites (N-methyl/N-ethyl adjacent to an activating group) is 1. The van der Waals surface area contributed by atoms with Crippen molar-refractivity contribution in [3.63, 3.8) is 0 Å². The standard InChI is InChI=1S/C14H19N5O2/c1-16-4-5-18(14(16)21)11-6-15-19(9-11)12-7-17(8-12)13(20)10-2-3-10/h6,9-10,12H,2-5,7-8H2,1H3. The molecular weight excluding hydrogens is 270 g/mol. The highest BCUT2D eigenvalue weighted by molar-refractivity contribution is 5.93. The number of aromatic nitrogens is 2. The summed E-state index contributed by atoms with van der Waals surface area (Å²) in [4.78, 5) is 29.2. The molecule has 0 aromatic carbocycles. The Morgan fingerprint density at radius 3 is 2.67 bits per heavy atom. The van der Waals surface area contributed by atoms with E-state index in [0.717, 1.165) is 38.2 Å². The molecule has 3 amide bonds. The Hall–Kier alpha value is -2.05. The van der Waals surface area contributed by atoms with Crippen molar-refractivity contribution in [1.82, 2.24) is 19.6 Å². The summed E-state index contributed by atoms with van der Waals surface area (Å²) >= 11 is 0. The van der Waals surface area contributed by atoms with E-state index in [0.29, 0.717) is 12.5 Å². The van der Waals surface area contributed by atoms with Gasteiger partial charge in [0.15, 0.2) is 0 Å². The van der Waals surface area contributed by atoms with E-state index in [1.165, 1.54) is 0 Å². The first-order chi connectivity index (χ1) is 10.1. The van der Waals surface area contributed by atoms with Gasteiger partial charge in [-0.2, -0.15) is 5.10 Å². The molecule has 4 rings (SSSR count). The van der Waals surface area contributed by atoms with Crippen LogP contribution < -0.4 is 4.90 Å². The highest BCUT2D eigenvalue weighted by atomic mass is 16.2. The molecule has 2 aliphatic heterocycles. The third kappa shape index (κ3) is 2.07. The zero-order chi connectivity index (χ0) is 14.6. The van der Waals surface area contributed by atoms with Crippen molar-refractivity contribution < 1.29 is 9.59 Å². The van der Waals surface area contributed by atoms with E-state index in [9.17, 15) is 9.59 Å². The normalized spacial score (nSPS) is 22.9. The van der Waals surface area contributed by atoms with Crippen LogP contribution >= 0.6 is 0 Å². The molecular formula is C14H19N5O2. The minimum atomic E-state index is 0.0219. The second-order valence-electron chi connectivity index (χ2n) is 6.21. The Morgan fingerprint density at radius 2 is 2.05 bits per heavy atom. The molecule has 7 heteroatoms. The van der Waals surface area contributed by atoms with E-state index in [-0.39, 0.29) is 18.0 Å². The SMILES string of the molecule is CN1CCN(c2cnn(C3CN(C(=O)C4CC4)C3)c2)C1=O. The van der Waals surface area contributed by atoms with E-state index in [1.54, 1.807) is 23.0 Å². The van der Waals surface area contributed by atoms with Gasteiger partial charge in [-0.15, -0.1) is 0 Å². The van der Waals surface area contributed by atoms with Crippen molar-refractivity contribution in [3.05, 3.63) is 12.4 Å². The molecule has 0 unspecified atom stereocenters. The molecule has 1 aliphatic carbocycles. The average Bonchev–Trinajstić information content (AvgIpc) is 3.09. The number of carbonyl (C=O) groups is 2. The first-order valence-corrected chi connectivity index (χ1v) is 7.49. The molecule has 2 saturated heterocycles. The molecule has 1 aromatic rings. The molecule has 0 bridgehead atoms. The first kappa shape index (κ1) is 12.7. The van der Waals surface area contributed by atoms with Crippen molar-refractivity contribution in [2.45, 2.75) is 18.9 Å². The number of urea groups is 1. The fourth-order valence-corrected chi connectivity index (χ4v) is 2.95. The number of anilines is 1. The Labute approximate surface area is 123 Å². The number of hydrogen-bond acceptors (Lipinski definition) is 3. The fraction of sp³-hybridized carbons (Fsp3) is 0.643. The third-order valence-corrected chi connectivity index (χ3v) is 4.59. The fourth-order valence-electron chi connectivity index (χ4n) is 2.95. The van der Waals surface area contributed by atoms with Crippen LogP contribution in [-0.2, 0) is 4.79 Å². The summed E-state index contributed by atoms with van der Waals surface area (Å²) in [6.07, 6.45) is 5.76. The minimum Gasteiger partial charge on any atom is -0.338 e. The lowest BCUT2D eigenvalue weighted by Gasteiger charge is -2.39. The molecule has 112 valence electrons. The van der Waals surface area contributed by atoms with Crippen LogP contribution in [0.1, 0.15) is 18.9 Å². The van der Waals surface area contributed by atoms with E-state index in [2.05, 4.69) is 5.10 Å². The highest BCUT2D eigenvalue weighted by Crippen LogP contribution is 2.34. The monoisotopic (exact) mass is 289 g/mol. The maximum atomic E-state index is 12.0. The lowest BCUT2D eigenvalue weighted by atomic mass is 10.1. The van der Waals surface area contributed by atoms with Gasteiger partial charge < -0.3 is 9.80 Å². The Bertz CT molecular complexity index is 588. The molecule has 21 heavy (non-hydrogen) atoms. The van der Waals surface area contributed by atoms with Crippen molar-refractivity contribution >= 4 is 17.6 Å². The summed E-state index contributed by atoms with van der Waals surface area (Å²) in [6, 6.07) is 0.269. The number of rotatable bonds is 3. The molecule has 1 aromatic heterocycles. The topological polar surface area (TPSA) is 61.7 Å². The Kier molecular flexibility index (Phi) is 2.70. The van der Waals surface area contributed by atoms with Gasteiger partial charge in [0.05, 0.1) is 17.9 Å². The molecule has 0 N–H and O–H groups in total. The van der Waals surface area contributed by atoms with Crippen LogP contribution in [-0.4, -0.2) is 64.7 Å². The van der Waals surface area contributed by atoms with Crippen molar-refractivity contribution in [3.8, 4) is 0 Å². The van der Waals surface area contributed by atoms with Crippen LogP contribution in [0.15, 0.2) is 12.4 Å². The van der Waals surface area contributed by atoms with Crippen molar-refractivity contribution in [2.75, 3.05) is 38.1 Å². The maximum Gasteiger partial charge on any atom is 0.324 e. The molecule has 3 aliphatic rings. The first-order valence-electron chi connectivity index (χ1n) is 7.49. The summed E-state index contributed by atoms with van der Waals surface area (Å²) in [5, 5.41) is 4.36. The summed E-state index contributed by atoms with van der Waals surface area (Å²) in [5.41, 5.74) is 0.844. The largest absolute Gasteiger partial charge is 0.338 e. The third-order valence-electron chi connectivity index (χ3n) is 4.59. The lowest BCUT2D eigenvalue weighted by Crippen LogP contribution is -2.51. The smallest absolute Gasteiger partial charge is 0.324 e. The second kappa shape index (κ2) is 4.47. The number of nitrogens with zero attached hydrogens (tertiary/aromatic N) is 5. The summed E-state index contributed by atoms with van der Waals surface area (Å²) < 4.78 is 1.89. The van der Waals surface area contributed by atoms with E-state index >= 15 is 0 Å². The quantitative estimate of drug-likeness (QED) is 0.816. The van der Waals surface area contributed by atoms with Gasteiger partial charge in [0.25, 0.3) is 0 Å². The van der Waals surface area contributed by atoms with Crippen LogP contribution in [0.2, 0.25) is 0 Å². The molecule has 0 radical (unpaired) electrons. The average molecular weight is 289 g/mol. The number of likely N-dealkylation sites (tertiary alicyclic amines) is 1. The van der Waals surface area contributed by atoms with Gasteiger partial charge in [-0.05, 0) is 12.8 Å². The maximum absolute atomic E-state index is 12.0. The highest BCUT2D eigenvalue weighted by Gasteiger charge is 2.40. The summed E-state index contributed by atoms with van der Waals surface area (Å²) in [6.45, 7) is 2.93. The van der Waals surface area contributed by atoms with Crippen LogP contribution in [0.5, 0.6) is 0 Å². The number of carbonyl (C=O) groups excluding carboxylic acids is 2. The summed E-state index contributed by atoms with van der Waals surface area (Å²) in [7, 11) is 1.81. The zero-order valence-corrected chi connectivity index (χ0v) is 12.1. The summed E-state index contributed by atoms with van der Waals surface area (Å²) in [5.74, 6) is 0.590. The molecule has 1 saturated carbocycles. The predicted molar refractivity (Wildman–Crippen MR) is 75.9 cm³/mol. The van der Waals surface area contributed by atoms with E-state index in [1.807, 2.05) is 15.8 Å². The molecule has 7 nitrogen and oxygen atoms in total. The number of amides is 3. The van der Waals surface area contributed by atoms with Gasteiger partial charge in [0.1, 0.15) is 0 Å². The van der Waals surface area contributed by atoms with Gasteiger partial charge in [0.2, 0.25) is 5.91 Å². The minimum absolute atomic E-state index is 0.0219. The van der Waals surface area contributed by atoms with Gasteiger partial charge in [0, 0.05) is 45.3 Å². The van der Waals surface area contributed by atoms with Gasteiger partial charge >= 0.3 is 6.03 Å². The van der Waals surface area contributed by atoms with Gasteiger partial charge in [-0.3, -0.25) is 14.4 Å². The van der Waals surface area contributed by atoms with Gasteiger partial charge in [-0.1, -0.05) is 0 Å². The van der Waals surface area contributed by atoms with E-state index < -0.39 is 0 Å². The van der Waals surface area contributed by atoms with Crippen LogP contribution in [0.3, 0.4) is 0 Å². The molecule has 3 heterocycles. The Morgan fingerprint density at radius 1 is 1.29 bits per heavy atom. The lowest BCUT2D eigenvalue weighted by molar-refractivity contribution is -0.138.